The number of hydrogen-bond donors (Lipinski definition) is 0. The van der Waals surface area contributed by atoms with E-state index in [1.54, 1.807) is 0 Å². The smallest absolute Gasteiger partial charge is 0.0829 e. The third-order valence-electron chi connectivity index (χ3n) is 3.24. The van der Waals surface area contributed by atoms with E-state index in [-0.39, 0.29) is 0 Å². The van der Waals surface area contributed by atoms with Gasteiger partial charge in [-0.25, -0.2) is 0 Å². The molecular formula is C11H22N2O2. The van der Waals surface area contributed by atoms with E-state index in [1.807, 2.05) is 0 Å². The van der Waals surface area contributed by atoms with Crippen LogP contribution in [0.1, 0.15) is 6.92 Å². The monoisotopic (exact) mass is 214 g/mol. The van der Waals surface area contributed by atoms with Gasteiger partial charge in [-0.3, -0.25) is 9.80 Å². The maximum atomic E-state index is 5.79. The summed E-state index contributed by atoms with van der Waals surface area (Å²) >= 11 is 0. The molecule has 0 aromatic heterocycles. The molecule has 0 aromatic carbocycles. The number of nitrogens with zero attached hydrogens (tertiary/aromatic N) is 2. The Morgan fingerprint density at radius 2 is 1.80 bits per heavy atom. The van der Waals surface area contributed by atoms with Gasteiger partial charge in [-0.15, -0.1) is 0 Å². The van der Waals surface area contributed by atoms with Crippen LogP contribution < -0.4 is 0 Å². The molecular weight excluding hydrogens is 192 g/mol. The van der Waals surface area contributed by atoms with E-state index >= 15 is 0 Å². The van der Waals surface area contributed by atoms with E-state index in [1.165, 1.54) is 0 Å². The molecule has 2 saturated heterocycles. The SMILES string of the molecule is CCN1CCOC(CN2CCOCC2)C1. The molecule has 2 aliphatic heterocycles. The lowest BCUT2D eigenvalue weighted by Gasteiger charge is -2.36. The van der Waals surface area contributed by atoms with Crippen LogP contribution in [0.15, 0.2) is 0 Å². The Balaban J connectivity index is 1.72. The number of likely N-dealkylation sites (N-methyl/N-ethyl adjacent to an activating group) is 1. The Bertz CT molecular complexity index is 183. The molecule has 2 fully saturated rings. The standard InChI is InChI=1S/C11H22N2O2/c1-2-12-5-8-15-11(9-12)10-13-3-6-14-7-4-13/h11H,2-10H2,1H3. The summed E-state index contributed by atoms with van der Waals surface area (Å²) in [6, 6.07) is 0. The van der Waals surface area contributed by atoms with E-state index in [4.69, 9.17) is 9.47 Å². The predicted octanol–water partition coefficient (Wildman–Crippen LogP) is 0.0393. The average Bonchev–Trinajstić information content (AvgIpc) is 2.31. The van der Waals surface area contributed by atoms with Gasteiger partial charge in [0.05, 0.1) is 25.9 Å². The first-order valence-electron chi connectivity index (χ1n) is 6.02. The van der Waals surface area contributed by atoms with Crippen molar-refractivity contribution < 1.29 is 9.47 Å². The van der Waals surface area contributed by atoms with E-state index in [9.17, 15) is 0 Å². The normalized spacial score (nSPS) is 30.6. The zero-order chi connectivity index (χ0) is 10.5. The van der Waals surface area contributed by atoms with Crippen LogP contribution in [0.5, 0.6) is 0 Å². The minimum absolute atomic E-state index is 0.400. The summed E-state index contributed by atoms with van der Waals surface area (Å²) < 4.78 is 11.1. The summed E-state index contributed by atoms with van der Waals surface area (Å²) in [7, 11) is 0. The van der Waals surface area contributed by atoms with Gasteiger partial charge in [-0.05, 0) is 6.54 Å². The van der Waals surface area contributed by atoms with Gasteiger partial charge < -0.3 is 9.47 Å². The summed E-state index contributed by atoms with van der Waals surface area (Å²) in [5.74, 6) is 0. The molecule has 0 spiro atoms. The second kappa shape index (κ2) is 5.80. The van der Waals surface area contributed by atoms with Crippen LogP contribution in [0.25, 0.3) is 0 Å². The van der Waals surface area contributed by atoms with Crippen LogP contribution in [-0.4, -0.2) is 75.0 Å². The van der Waals surface area contributed by atoms with Crippen molar-refractivity contribution in [3.05, 3.63) is 0 Å². The number of ether oxygens (including phenoxy) is 2. The molecule has 0 N–H and O–H groups in total. The van der Waals surface area contributed by atoms with Crippen LogP contribution in [0.3, 0.4) is 0 Å². The second-order valence-corrected chi connectivity index (χ2v) is 4.30. The summed E-state index contributed by atoms with van der Waals surface area (Å²) in [6.45, 7) is 11.4. The Hall–Kier alpha value is -0.160. The van der Waals surface area contributed by atoms with Gasteiger partial charge in [0.15, 0.2) is 0 Å². The first-order valence-corrected chi connectivity index (χ1v) is 6.02. The summed E-state index contributed by atoms with van der Waals surface area (Å²) in [5.41, 5.74) is 0. The summed E-state index contributed by atoms with van der Waals surface area (Å²) in [4.78, 5) is 4.92. The van der Waals surface area contributed by atoms with E-state index in [0.717, 1.165) is 59.1 Å². The largest absolute Gasteiger partial charge is 0.379 e. The molecule has 1 atom stereocenters. The van der Waals surface area contributed by atoms with Crippen molar-refractivity contribution in [1.29, 1.82) is 0 Å². The Kier molecular flexibility index (Phi) is 4.38. The fraction of sp³-hybridized carbons (Fsp3) is 1.00. The molecule has 2 heterocycles. The molecule has 15 heavy (non-hydrogen) atoms. The lowest BCUT2D eigenvalue weighted by Crippen LogP contribution is -2.49. The highest BCUT2D eigenvalue weighted by Gasteiger charge is 2.22. The molecule has 4 nitrogen and oxygen atoms in total. The number of hydrogen-bond acceptors (Lipinski definition) is 4. The Labute approximate surface area is 92.1 Å². The maximum Gasteiger partial charge on any atom is 0.0829 e. The zero-order valence-electron chi connectivity index (χ0n) is 9.65. The maximum absolute atomic E-state index is 5.79. The summed E-state index contributed by atoms with van der Waals surface area (Å²) in [5, 5.41) is 0. The van der Waals surface area contributed by atoms with Crippen LogP contribution >= 0.6 is 0 Å². The summed E-state index contributed by atoms with van der Waals surface area (Å²) in [6.07, 6.45) is 0.400. The van der Waals surface area contributed by atoms with Gasteiger partial charge in [0, 0.05) is 32.7 Å². The van der Waals surface area contributed by atoms with Gasteiger partial charge in [-0.1, -0.05) is 6.92 Å². The molecule has 0 aromatic rings. The first kappa shape index (κ1) is 11.3. The molecule has 0 aliphatic carbocycles. The molecule has 1 unspecified atom stereocenters. The third-order valence-corrected chi connectivity index (χ3v) is 3.24. The van der Waals surface area contributed by atoms with Gasteiger partial charge >= 0.3 is 0 Å². The second-order valence-electron chi connectivity index (χ2n) is 4.30. The van der Waals surface area contributed by atoms with Gasteiger partial charge in [0.1, 0.15) is 0 Å². The van der Waals surface area contributed by atoms with Crippen molar-refractivity contribution in [3.8, 4) is 0 Å². The Morgan fingerprint density at radius 1 is 1.07 bits per heavy atom. The fourth-order valence-corrected chi connectivity index (χ4v) is 2.25. The number of rotatable bonds is 3. The van der Waals surface area contributed by atoms with Crippen LogP contribution in [0.4, 0.5) is 0 Å². The van der Waals surface area contributed by atoms with Crippen molar-refractivity contribution in [2.45, 2.75) is 13.0 Å². The van der Waals surface area contributed by atoms with Gasteiger partial charge in [0.25, 0.3) is 0 Å². The molecule has 0 radical (unpaired) electrons. The quantitative estimate of drug-likeness (QED) is 0.662. The fourth-order valence-electron chi connectivity index (χ4n) is 2.25. The highest BCUT2D eigenvalue weighted by molar-refractivity contribution is 4.75. The minimum Gasteiger partial charge on any atom is -0.379 e. The van der Waals surface area contributed by atoms with E-state index < -0.39 is 0 Å². The highest BCUT2D eigenvalue weighted by Crippen LogP contribution is 2.07. The van der Waals surface area contributed by atoms with E-state index in [2.05, 4.69) is 16.7 Å². The van der Waals surface area contributed by atoms with Crippen molar-refractivity contribution >= 4 is 0 Å². The van der Waals surface area contributed by atoms with Gasteiger partial charge in [-0.2, -0.15) is 0 Å². The number of morpholine rings is 2. The molecule has 0 bridgehead atoms. The van der Waals surface area contributed by atoms with Crippen molar-refractivity contribution in [2.24, 2.45) is 0 Å². The third kappa shape index (κ3) is 3.41. The predicted molar refractivity (Wildman–Crippen MR) is 59.1 cm³/mol. The lowest BCUT2D eigenvalue weighted by molar-refractivity contribution is -0.0557. The zero-order valence-corrected chi connectivity index (χ0v) is 9.65. The van der Waals surface area contributed by atoms with Crippen LogP contribution in [0.2, 0.25) is 0 Å². The van der Waals surface area contributed by atoms with Gasteiger partial charge in [0.2, 0.25) is 0 Å². The minimum atomic E-state index is 0.400. The topological polar surface area (TPSA) is 24.9 Å². The first-order chi connectivity index (χ1) is 7.38. The molecule has 0 saturated carbocycles. The average molecular weight is 214 g/mol. The van der Waals surface area contributed by atoms with Crippen molar-refractivity contribution in [3.63, 3.8) is 0 Å². The molecule has 2 rings (SSSR count). The van der Waals surface area contributed by atoms with Crippen LogP contribution in [0, 0.1) is 0 Å². The van der Waals surface area contributed by atoms with Crippen molar-refractivity contribution in [2.75, 3.05) is 59.1 Å². The van der Waals surface area contributed by atoms with Crippen LogP contribution in [-0.2, 0) is 9.47 Å². The molecule has 0 amide bonds. The van der Waals surface area contributed by atoms with Crippen molar-refractivity contribution in [1.82, 2.24) is 9.80 Å². The van der Waals surface area contributed by atoms with E-state index in [0.29, 0.717) is 6.10 Å². The molecule has 4 heteroatoms. The highest BCUT2D eigenvalue weighted by atomic mass is 16.5. The Morgan fingerprint density at radius 3 is 2.53 bits per heavy atom. The molecule has 2 aliphatic rings. The lowest BCUT2D eigenvalue weighted by atomic mass is 10.2. The molecule has 88 valence electrons.